The summed E-state index contributed by atoms with van der Waals surface area (Å²) in [5.74, 6) is 1.45. The molecule has 2 heterocycles. The molecule has 0 bridgehead atoms. The molecular formula is C19H22N2O2S2. The topological polar surface area (TPSA) is 49.4 Å². The van der Waals surface area contributed by atoms with Crippen LogP contribution in [0.1, 0.15) is 41.8 Å². The van der Waals surface area contributed by atoms with Crippen LogP contribution in [0.3, 0.4) is 0 Å². The van der Waals surface area contributed by atoms with Crippen molar-refractivity contribution >= 4 is 34.9 Å². The Hall–Kier alpha value is -1.79. The highest BCUT2D eigenvalue weighted by Crippen LogP contribution is 2.27. The Kier molecular flexibility index (Phi) is 5.81. The van der Waals surface area contributed by atoms with Crippen LogP contribution in [0.25, 0.3) is 0 Å². The van der Waals surface area contributed by atoms with Gasteiger partial charge < -0.3 is 10.2 Å². The molecule has 2 amide bonds. The molecule has 25 heavy (non-hydrogen) atoms. The minimum Gasteiger partial charge on any atom is -0.343 e. The SMILES string of the molecule is CC(C)c1ccc(C(NC(=O)CN2CSCC2=O)c2cccs2)cc1. The maximum absolute atomic E-state index is 12.5. The number of carbonyl (C=O) groups excluding carboxylic acids is 2. The van der Waals surface area contributed by atoms with E-state index in [0.717, 1.165) is 10.4 Å². The lowest BCUT2D eigenvalue weighted by molar-refractivity contribution is -0.132. The summed E-state index contributed by atoms with van der Waals surface area (Å²) in [5, 5.41) is 5.11. The average Bonchev–Trinajstić information content (AvgIpc) is 3.25. The van der Waals surface area contributed by atoms with Crippen LogP contribution in [-0.2, 0) is 9.59 Å². The highest BCUT2D eigenvalue weighted by Gasteiger charge is 2.25. The molecule has 6 heteroatoms. The zero-order valence-electron chi connectivity index (χ0n) is 14.4. The Morgan fingerprint density at radius 1 is 1.20 bits per heavy atom. The molecule has 1 saturated heterocycles. The Bertz CT molecular complexity index is 726. The summed E-state index contributed by atoms with van der Waals surface area (Å²) in [4.78, 5) is 26.9. The third kappa shape index (κ3) is 4.44. The number of rotatable bonds is 6. The number of nitrogens with one attached hydrogen (secondary N) is 1. The molecule has 1 aromatic heterocycles. The van der Waals surface area contributed by atoms with E-state index in [4.69, 9.17) is 0 Å². The van der Waals surface area contributed by atoms with E-state index in [1.165, 1.54) is 5.56 Å². The van der Waals surface area contributed by atoms with Crippen molar-refractivity contribution in [2.45, 2.75) is 25.8 Å². The summed E-state index contributed by atoms with van der Waals surface area (Å²) in [6.07, 6.45) is 0. The molecule has 0 aliphatic carbocycles. The van der Waals surface area contributed by atoms with Crippen molar-refractivity contribution in [2.24, 2.45) is 0 Å². The van der Waals surface area contributed by atoms with E-state index < -0.39 is 0 Å². The van der Waals surface area contributed by atoms with Crippen LogP contribution in [-0.4, -0.2) is 34.9 Å². The first-order valence-electron chi connectivity index (χ1n) is 8.32. The van der Waals surface area contributed by atoms with Crippen LogP contribution < -0.4 is 5.32 Å². The van der Waals surface area contributed by atoms with Gasteiger partial charge in [-0.3, -0.25) is 9.59 Å². The normalized spacial score (nSPS) is 15.6. The average molecular weight is 375 g/mol. The first kappa shape index (κ1) is 18.0. The van der Waals surface area contributed by atoms with E-state index in [1.54, 1.807) is 28.0 Å². The van der Waals surface area contributed by atoms with Crippen molar-refractivity contribution in [2.75, 3.05) is 18.2 Å². The lowest BCUT2D eigenvalue weighted by Crippen LogP contribution is -2.39. The van der Waals surface area contributed by atoms with E-state index in [-0.39, 0.29) is 24.4 Å². The Morgan fingerprint density at radius 3 is 2.48 bits per heavy atom. The van der Waals surface area contributed by atoms with E-state index in [2.05, 4.69) is 43.4 Å². The van der Waals surface area contributed by atoms with Crippen LogP contribution in [0, 0.1) is 0 Å². The third-order valence-electron chi connectivity index (χ3n) is 4.23. The van der Waals surface area contributed by atoms with Gasteiger partial charge in [0.15, 0.2) is 0 Å². The number of hydrogen-bond donors (Lipinski definition) is 1. The molecule has 0 saturated carbocycles. The van der Waals surface area contributed by atoms with Crippen molar-refractivity contribution < 1.29 is 9.59 Å². The van der Waals surface area contributed by atoms with Gasteiger partial charge in [-0.25, -0.2) is 0 Å². The number of carbonyl (C=O) groups is 2. The summed E-state index contributed by atoms with van der Waals surface area (Å²) in [6.45, 7) is 4.45. The highest BCUT2D eigenvalue weighted by atomic mass is 32.2. The van der Waals surface area contributed by atoms with E-state index in [9.17, 15) is 9.59 Å². The van der Waals surface area contributed by atoms with Crippen LogP contribution >= 0.6 is 23.1 Å². The number of hydrogen-bond acceptors (Lipinski definition) is 4. The largest absolute Gasteiger partial charge is 0.343 e. The lowest BCUT2D eigenvalue weighted by Gasteiger charge is -2.21. The molecule has 1 atom stereocenters. The molecule has 2 aromatic rings. The smallest absolute Gasteiger partial charge is 0.240 e. The summed E-state index contributed by atoms with van der Waals surface area (Å²) in [6, 6.07) is 12.2. The van der Waals surface area contributed by atoms with Gasteiger partial charge in [-0.2, -0.15) is 0 Å². The molecule has 0 spiro atoms. The van der Waals surface area contributed by atoms with Crippen LogP contribution in [0.4, 0.5) is 0 Å². The zero-order chi connectivity index (χ0) is 17.8. The maximum Gasteiger partial charge on any atom is 0.240 e. The molecule has 1 unspecified atom stereocenters. The predicted molar refractivity (Wildman–Crippen MR) is 104 cm³/mol. The van der Waals surface area contributed by atoms with Crippen LogP contribution in [0.15, 0.2) is 41.8 Å². The summed E-state index contributed by atoms with van der Waals surface area (Å²) in [7, 11) is 0. The van der Waals surface area contributed by atoms with Gasteiger partial charge in [0.05, 0.1) is 17.7 Å². The second-order valence-corrected chi connectivity index (χ2v) is 8.34. The highest BCUT2D eigenvalue weighted by molar-refractivity contribution is 8.00. The lowest BCUT2D eigenvalue weighted by atomic mass is 9.98. The van der Waals surface area contributed by atoms with Gasteiger partial charge in [-0.05, 0) is 28.5 Å². The third-order valence-corrected chi connectivity index (χ3v) is 6.11. The fraction of sp³-hybridized carbons (Fsp3) is 0.368. The Balaban J connectivity index is 1.76. The quantitative estimate of drug-likeness (QED) is 0.840. The molecule has 3 rings (SSSR count). The minimum atomic E-state index is -0.181. The summed E-state index contributed by atoms with van der Waals surface area (Å²) < 4.78 is 0. The zero-order valence-corrected chi connectivity index (χ0v) is 16.0. The van der Waals surface area contributed by atoms with Crippen LogP contribution in [0.5, 0.6) is 0 Å². The monoisotopic (exact) mass is 374 g/mol. The van der Waals surface area contributed by atoms with Crippen molar-refractivity contribution in [1.82, 2.24) is 10.2 Å². The molecule has 4 nitrogen and oxygen atoms in total. The first-order valence-corrected chi connectivity index (χ1v) is 10.4. The molecule has 1 fully saturated rings. The molecular weight excluding hydrogens is 352 g/mol. The number of benzene rings is 1. The molecule has 1 aromatic carbocycles. The maximum atomic E-state index is 12.5. The van der Waals surface area contributed by atoms with Gasteiger partial charge in [0.2, 0.25) is 11.8 Å². The van der Waals surface area contributed by atoms with Gasteiger partial charge in [-0.1, -0.05) is 44.2 Å². The summed E-state index contributed by atoms with van der Waals surface area (Å²) >= 11 is 3.17. The molecule has 1 aliphatic rings. The standard InChI is InChI=1S/C19H22N2O2S2/c1-13(2)14-5-7-15(8-6-14)19(16-4-3-9-25-16)20-17(22)10-21-12-24-11-18(21)23/h3-9,13,19H,10-12H2,1-2H3,(H,20,22). The van der Waals surface area contributed by atoms with Crippen molar-refractivity contribution in [3.05, 3.63) is 57.8 Å². The molecule has 0 radical (unpaired) electrons. The number of nitrogens with zero attached hydrogens (tertiary/aromatic N) is 1. The minimum absolute atomic E-state index is 0.0362. The van der Waals surface area contributed by atoms with Gasteiger partial charge in [0, 0.05) is 4.88 Å². The molecule has 1 N–H and O–H groups in total. The second-order valence-electron chi connectivity index (χ2n) is 6.41. The van der Waals surface area contributed by atoms with Crippen molar-refractivity contribution in [1.29, 1.82) is 0 Å². The Labute approximate surface area is 156 Å². The predicted octanol–water partition coefficient (Wildman–Crippen LogP) is 3.61. The number of thioether (sulfide) groups is 1. The number of thiophene rings is 1. The molecule has 132 valence electrons. The van der Waals surface area contributed by atoms with E-state index in [0.29, 0.717) is 17.5 Å². The van der Waals surface area contributed by atoms with Crippen molar-refractivity contribution in [3.8, 4) is 0 Å². The number of amides is 2. The van der Waals surface area contributed by atoms with E-state index in [1.807, 2.05) is 17.5 Å². The van der Waals surface area contributed by atoms with Gasteiger partial charge >= 0.3 is 0 Å². The van der Waals surface area contributed by atoms with Gasteiger partial charge in [0.25, 0.3) is 0 Å². The van der Waals surface area contributed by atoms with Crippen LogP contribution in [0.2, 0.25) is 0 Å². The molecule has 1 aliphatic heterocycles. The summed E-state index contributed by atoms with van der Waals surface area (Å²) in [5.41, 5.74) is 2.34. The van der Waals surface area contributed by atoms with Crippen molar-refractivity contribution in [3.63, 3.8) is 0 Å². The second kappa shape index (κ2) is 8.06. The van der Waals surface area contributed by atoms with Gasteiger partial charge in [0.1, 0.15) is 6.54 Å². The first-order chi connectivity index (χ1) is 12.0. The van der Waals surface area contributed by atoms with E-state index >= 15 is 0 Å². The fourth-order valence-electron chi connectivity index (χ4n) is 2.77. The Morgan fingerprint density at radius 2 is 1.92 bits per heavy atom. The fourth-order valence-corrected chi connectivity index (χ4v) is 4.47. The van der Waals surface area contributed by atoms with Gasteiger partial charge in [-0.15, -0.1) is 23.1 Å².